The summed E-state index contributed by atoms with van der Waals surface area (Å²) in [6, 6.07) is 23.9. The molecule has 0 unspecified atom stereocenters. The molecule has 4 aromatic carbocycles. The van der Waals surface area contributed by atoms with Crippen molar-refractivity contribution in [1.29, 1.82) is 0 Å². The molecule has 370 valence electrons. The smallest absolute Gasteiger partial charge is 0.416 e. The van der Waals surface area contributed by atoms with Crippen LogP contribution in [0.5, 0.6) is 0 Å². The summed E-state index contributed by atoms with van der Waals surface area (Å²) in [6.45, 7) is 14.9. The number of hydrogen-bond acceptors (Lipinski definition) is 11. The van der Waals surface area contributed by atoms with Crippen molar-refractivity contribution in [2.75, 3.05) is 115 Å². The summed E-state index contributed by atoms with van der Waals surface area (Å²) in [6.07, 6.45) is -2.18. The van der Waals surface area contributed by atoms with Gasteiger partial charge in [-0.2, -0.15) is 26.3 Å². The molecule has 2 fully saturated rings. The number of benzene rings is 4. The van der Waals surface area contributed by atoms with Gasteiger partial charge in [-0.3, -0.25) is 14.6 Å². The minimum Gasteiger partial charge on any atom is -0.464 e. The number of alkyl halides is 6. The number of ether oxygens (including phenoxy) is 1. The number of halogens is 6. The number of para-hydroxylation sites is 2. The standard InChI is InChI=1S/C29H38F3N3O2S.C22H26F3N3OS/c1-2-3-4-5-11-28(36)37-21-20-34-18-16-33(17-19-34)14-8-15-35-24-9-6-7-10-26(24)38-27-13-12-23(22-25(27)35)29(30,31)32;23-22(24,25)17-6-7-21-19(16-17)28(18-4-1-2-5-20(18)30-21)9-3-8-26-10-12-27(13-11-26)14-15-29/h6-7,9-10,12-13,22H,2-5,8,11,14-21H2,1H3;1-2,4-7,16,29H,3,8-15H2. The highest BCUT2D eigenvalue weighted by Gasteiger charge is 2.35. The second-order valence-electron chi connectivity index (χ2n) is 17.6. The minimum absolute atomic E-state index is 0.0960. The third-order valence-corrected chi connectivity index (χ3v) is 15.1. The highest BCUT2D eigenvalue weighted by Crippen LogP contribution is 2.51. The van der Waals surface area contributed by atoms with E-state index < -0.39 is 23.5 Å². The van der Waals surface area contributed by atoms with Gasteiger partial charge in [0.05, 0.1) is 40.5 Å². The molecule has 0 aliphatic carbocycles. The highest BCUT2D eigenvalue weighted by molar-refractivity contribution is 8.00. The maximum Gasteiger partial charge on any atom is 0.416 e. The quantitative estimate of drug-likeness (QED) is 0.0589. The Hall–Kier alpha value is -3.97. The first-order valence-corrected chi connectivity index (χ1v) is 25.6. The van der Waals surface area contributed by atoms with Crippen molar-refractivity contribution in [3.8, 4) is 0 Å². The number of esters is 1. The minimum atomic E-state index is -4.37. The van der Waals surface area contributed by atoms with Gasteiger partial charge in [-0.25, -0.2) is 0 Å². The number of β-amino-alcohol motifs (C(OH)–C–C–N with tert-alkyl or cyclic N) is 1. The van der Waals surface area contributed by atoms with E-state index in [1.54, 1.807) is 12.1 Å². The SMILES string of the molecule is CCCCCCC(=O)OCCN1CCN(CCCN2c3ccccc3Sc3ccc(C(F)(F)F)cc32)CC1.OCCN1CCN(CCCN2c3ccccc3Sc3ccc(C(F)(F)F)cc32)CC1. The summed E-state index contributed by atoms with van der Waals surface area (Å²) in [4.78, 5) is 29.2. The zero-order chi connectivity index (χ0) is 48.1. The van der Waals surface area contributed by atoms with Crippen LogP contribution >= 0.6 is 23.5 Å². The monoisotopic (exact) mass is 986 g/mol. The van der Waals surface area contributed by atoms with Gasteiger partial charge in [-0.15, -0.1) is 0 Å². The van der Waals surface area contributed by atoms with Crippen LogP contribution in [0, 0.1) is 0 Å². The first-order chi connectivity index (χ1) is 32.8. The maximum atomic E-state index is 13.4. The van der Waals surface area contributed by atoms with Gasteiger partial charge in [0.25, 0.3) is 0 Å². The Morgan fingerprint density at radius 3 is 1.40 bits per heavy atom. The topological polar surface area (TPSA) is 66.0 Å². The van der Waals surface area contributed by atoms with Gasteiger partial charge in [0.2, 0.25) is 0 Å². The predicted octanol–water partition coefficient (Wildman–Crippen LogP) is 11.1. The molecule has 9 nitrogen and oxygen atoms in total. The highest BCUT2D eigenvalue weighted by atomic mass is 32.2. The molecule has 0 bridgehead atoms. The number of fused-ring (bicyclic) bond motifs is 4. The van der Waals surface area contributed by atoms with E-state index in [1.807, 2.05) is 58.3 Å². The van der Waals surface area contributed by atoms with E-state index in [0.29, 0.717) is 44.0 Å². The molecule has 4 aromatic rings. The van der Waals surface area contributed by atoms with Gasteiger partial charge in [-0.05, 0) is 93.0 Å². The van der Waals surface area contributed by atoms with E-state index in [4.69, 9.17) is 9.84 Å². The lowest BCUT2D eigenvalue weighted by molar-refractivity contribution is -0.144. The van der Waals surface area contributed by atoms with Crippen molar-refractivity contribution < 1.29 is 41.0 Å². The Labute approximate surface area is 405 Å². The number of rotatable bonds is 18. The molecule has 4 heterocycles. The van der Waals surface area contributed by atoms with Crippen molar-refractivity contribution in [2.45, 2.75) is 83.8 Å². The molecule has 68 heavy (non-hydrogen) atoms. The molecule has 0 saturated carbocycles. The normalized spacial score (nSPS) is 16.9. The fourth-order valence-corrected chi connectivity index (χ4v) is 11.2. The summed E-state index contributed by atoms with van der Waals surface area (Å²) >= 11 is 3.05. The van der Waals surface area contributed by atoms with E-state index in [1.165, 1.54) is 47.8 Å². The van der Waals surface area contributed by atoms with Crippen molar-refractivity contribution in [3.05, 3.63) is 96.1 Å². The van der Waals surface area contributed by atoms with Crippen LogP contribution in [0.4, 0.5) is 49.1 Å². The number of carbonyl (C=O) groups is 1. The number of piperazine rings is 2. The Morgan fingerprint density at radius 1 is 0.529 bits per heavy atom. The average Bonchev–Trinajstić information content (AvgIpc) is 3.33. The van der Waals surface area contributed by atoms with Crippen LogP contribution in [0.25, 0.3) is 0 Å². The summed E-state index contributed by atoms with van der Waals surface area (Å²) in [7, 11) is 0. The molecule has 0 amide bonds. The van der Waals surface area contributed by atoms with Gasteiger partial charge in [0.15, 0.2) is 0 Å². The van der Waals surface area contributed by atoms with Crippen molar-refractivity contribution >= 4 is 52.2 Å². The van der Waals surface area contributed by atoms with Crippen molar-refractivity contribution in [3.63, 3.8) is 0 Å². The van der Waals surface area contributed by atoms with Crippen LogP contribution in [0.3, 0.4) is 0 Å². The fourth-order valence-electron chi connectivity index (χ4n) is 9.07. The molecule has 17 heteroatoms. The molecule has 4 aliphatic heterocycles. The van der Waals surface area contributed by atoms with Crippen molar-refractivity contribution in [2.24, 2.45) is 0 Å². The van der Waals surface area contributed by atoms with Crippen LogP contribution < -0.4 is 9.80 Å². The molecule has 1 N–H and O–H groups in total. The molecular weight excluding hydrogens is 923 g/mol. The van der Waals surface area contributed by atoms with E-state index in [0.717, 1.165) is 141 Å². The predicted molar refractivity (Wildman–Crippen MR) is 260 cm³/mol. The van der Waals surface area contributed by atoms with Gasteiger partial charge in [0, 0.05) is 105 Å². The number of unbranched alkanes of at least 4 members (excludes halogenated alkanes) is 3. The Kier molecular flexibility index (Phi) is 18.9. The van der Waals surface area contributed by atoms with E-state index in [9.17, 15) is 31.1 Å². The number of aliphatic hydroxyl groups excluding tert-OH is 1. The third kappa shape index (κ3) is 14.3. The lowest BCUT2D eigenvalue weighted by Crippen LogP contribution is -2.47. The van der Waals surface area contributed by atoms with Gasteiger partial charge >= 0.3 is 18.3 Å². The second kappa shape index (κ2) is 24.7. The molecule has 2 saturated heterocycles. The molecule has 8 rings (SSSR count). The number of carbonyl (C=O) groups excluding carboxylic acids is 1. The van der Waals surface area contributed by atoms with Crippen LogP contribution in [0.15, 0.2) is 105 Å². The number of hydrogen-bond donors (Lipinski definition) is 1. The number of aliphatic hydroxyl groups is 1. The first kappa shape index (κ1) is 51.9. The first-order valence-electron chi connectivity index (χ1n) is 24.0. The van der Waals surface area contributed by atoms with Gasteiger partial charge in [-0.1, -0.05) is 74.0 Å². The van der Waals surface area contributed by atoms with Gasteiger partial charge < -0.3 is 29.4 Å². The van der Waals surface area contributed by atoms with Gasteiger partial charge in [0.1, 0.15) is 6.61 Å². The zero-order valence-electron chi connectivity index (χ0n) is 38.9. The molecule has 0 atom stereocenters. The van der Waals surface area contributed by atoms with E-state index in [2.05, 4.69) is 26.5 Å². The van der Waals surface area contributed by atoms with E-state index in [-0.39, 0.29) is 12.6 Å². The average molecular weight is 987 g/mol. The number of nitrogens with zero attached hydrogens (tertiary/aromatic N) is 6. The number of anilines is 4. The second-order valence-corrected chi connectivity index (χ2v) is 19.8. The summed E-state index contributed by atoms with van der Waals surface area (Å²) < 4.78 is 85.6. The zero-order valence-corrected chi connectivity index (χ0v) is 40.5. The lowest BCUT2D eigenvalue weighted by Gasteiger charge is -2.36. The molecule has 0 spiro atoms. The van der Waals surface area contributed by atoms with Crippen LogP contribution in [-0.2, 0) is 21.9 Å². The Morgan fingerprint density at radius 2 is 0.956 bits per heavy atom. The summed E-state index contributed by atoms with van der Waals surface area (Å²) in [5.74, 6) is -0.0960. The summed E-state index contributed by atoms with van der Waals surface area (Å²) in [5, 5.41) is 9.07. The third-order valence-electron chi connectivity index (χ3n) is 12.9. The van der Waals surface area contributed by atoms with Crippen LogP contribution in [0.1, 0.15) is 63.0 Å². The molecular formula is C51H64F6N6O3S2. The van der Waals surface area contributed by atoms with Crippen molar-refractivity contribution in [1.82, 2.24) is 19.6 Å². The fraction of sp³-hybridized carbons (Fsp3) is 0.510. The van der Waals surface area contributed by atoms with Crippen LogP contribution in [0.2, 0.25) is 0 Å². The van der Waals surface area contributed by atoms with Crippen LogP contribution in [-0.4, -0.2) is 136 Å². The lowest BCUT2D eigenvalue weighted by atomic mass is 10.1. The largest absolute Gasteiger partial charge is 0.464 e. The Balaban J connectivity index is 0.000000207. The maximum absolute atomic E-state index is 13.4. The van der Waals surface area contributed by atoms with E-state index >= 15 is 0 Å². The summed E-state index contributed by atoms with van der Waals surface area (Å²) in [5.41, 5.74) is 2.00. The Bertz CT molecular complexity index is 2240. The molecule has 0 radical (unpaired) electrons. The molecule has 0 aromatic heterocycles. The molecule has 4 aliphatic rings.